The van der Waals surface area contributed by atoms with Crippen LogP contribution in [0.5, 0.6) is 0 Å². The number of fused-ring (bicyclic) bond motifs is 2. The maximum Gasteiger partial charge on any atom is 0.192 e. The topological polar surface area (TPSA) is 30.2 Å². The summed E-state index contributed by atoms with van der Waals surface area (Å²) < 4.78 is 5.24. The first-order valence-corrected chi connectivity index (χ1v) is 4.16. The van der Waals surface area contributed by atoms with Crippen molar-refractivity contribution in [3.63, 3.8) is 0 Å². The summed E-state index contributed by atoms with van der Waals surface area (Å²) in [6.07, 6.45) is 6.77. The average molecular weight is 160 g/mol. The molecule has 2 nitrogen and oxygen atoms in total. The molecule has 1 aromatic rings. The van der Waals surface area contributed by atoms with Crippen LogP contribution in [-0.2, 0) is 0 Å². The van der Waals surface area contributed by atoms with Crippen LogP contribution in [0.4, 0.5) is 0 Å². The summed E-state index contributed by atoms with van der Waals surface area (Å²) in [6.45, 7) is 0. The molecule has 0 radical (unpaired) electrons. The fourth-order valence-electron chi connectivity index (χ4n) is 1.76. The van der Waals surface area contributed by atoms with Gasteiger partial charge in [-0.15, -0.1) is 0 Å². The Balaban J connectivity index is 2.52. The third kappa shape index (κ3) is 0.721. The zero-order valence-corrected chi connectivity index (χ0v) is 6.49. The highest BCUT2D eigenvalue weighted by molar-refractivity contribution is 5.46. The van der Waals surface area contributed by atoms with Crippen molar-refractivity contribution >= 4 is 12.2 Å². The van der Waals surface area contributed by atoms with Gasteiger partial charge in [-0.1, -0.05) is 6.08 Å². The van der Waals surface area contributed by atoms with E-state index in [9.17, 15) is 4.79 Å². The molecule has 0 saturated heterocycles. The van der Waals surface area contributed by atoms with E-state index in [1.165, 1.54) is 18.8 Å². The van der Waals surface area contributed by atoms with Crippen LogP contribution in [0.1, 0.15) is 6.42 Å². The zero-order valence-electron chi connectivity index (χ0n) is 6.49. The van der Waals surface area contributed by atoms with Gasteiger partial charge < -0.3 is 4.42 Å². The molecule has 0 bridgehead atoms. The molecule has 0 aliphatic heterocycles. The van der Waals surface area contributed by atoms with E-state index >= 15 is 0 Å². The fraction of sp³-hybridized carbons (Fsp3) is 0.300. The van der Waals surface area contributed by atoms with Gasteiger partial charge in [-0.05, 0) is 24.3 Å². The second kappa shape index (κ2) is 1.89. The van der Waals surface area contributed by atoms with Gasteiger partial charge in [-0.25, -0.2) is 0 Å². The molecule has 1 fully saturated rings. The van der Waals surface area contributed by atoms with Gasteiger partial charge in [0.2, 0.25) is 0 Å². The fourth-order valence-corrected chi connectivity index (χ4v) is 1.76. The Bertz CT molecular complexity index is 495. The summed E-state index contributed by atoms with van der Waals surface area (Å²) in [7, 11) is 0. The molecule has 2 unspecified atom stereocenters. The van der Waals surface area contributed by atoms with E-state index in [1.807, 2.05) is 6.08 Å². The zero-order chi connectivity index (χ0) is 8.13. The highest BCUT2D eigenvalue weighted by Gasteiger charge is 2.35. The standard InChI is InChI=1S/C10H8O2/c11-9-1-2-12-10-5-7-3-6(7)4-8(9)10/h1-2,4-7H,3H2. The van der Waals surface area contributed by atoms with Crippen LogP contribution in [-0.4, -0.2) is 0 Å². The molecule has 12 heavy (non-hydrogen) atoms. The van der Waals surface area contributed by atoms with Crippen molar-refractivity contribution < 1.29 is 4.42 Å². The van der Waals surface area contributed by atoms with Gasteiger partial charge in [-0.2, -0.15) is 0 Å². The molecule has 1 heterocycles. The summed E-state index contributed by atoms with van der Waals surface area (Å²) in [5.41, 5.74) is 0.846. The van der Waals surface area contributed by atoms with E-state index in [-0.39, 0.29) is 5.43 Å². The van der Waals surface area contributed by atoms with Gasteiger partial charge in [0.05, 0.1) is 11.5 Å². The van der Waals surface area contributed by atoms with Gasteiger partial charge in [0, 0.05) is 6.07 Å². The molecule has 0 amide bonds. The SMILES string of the molecule is O=c1ccoc2c1=CC1CC1C=2. The van der Waals surface area contributed by atoms with Crippen molar-refractivity contribution in [1.29, 1.82) is 0 Å². The van der Waals surface area contributed by atoms with Crippen molar-refractivity contribution in [2.24, 2.45) is 11.8 Å². The van der Waals surface area contributed by atoms with Gasteiger partial charge in [0.25, 0.3) is 0 Å². The highest BCUT2D eigenvalue weighted by atomic mass is 16.3. The second-order valence-electron chi connectivity index (χ2n) is 3.46. The Morgan fingerprint density at radius 3 is 3.08 bits per heavy atom. The Labute approximate surface area is 68.8 Å². The van der Waals surface area contributed by atoms with E-state index in [2.05, 4.69) is 6.08 Å². The second-order valence-corrected chi connectivity index (χ2v) is 3.46. The first-order chi connectivity index (χ1) is 5.84. The van der Waals surface area contributed by atoms with Crippen LogP contribution in [0, 0.1) is 11.8 Å². The molecule has 60 valence electrons. The molecule has 2 heteroatoms. The normalized spacial score (nSPS) is 29.3. The van der Waals surface area contributed by atoms with Crippen LogP contribution in [0.2, 0.25) is 0 Å². The van der Waals surface area contributed by atoms with Crippen LogP contribution in [0.15, 0.2) is 21.5 Å². The van der Waals surface area contributed by atoms with Crippen molar-refractivity contribution in [1.82, 2.24) is 0 Å². The largest absolute Gasteiger partial charge is 0.464 e. The lowest BCUT2D eigenvalue weighted by Gasteiger charge is -1.95. The van der Waals surface area contributed by atoms with Crippen LogP contribution in [0.25, 0.3) is 12.2 Å². The molecule has 0 spiro atoms. The highest BCUT2D eigenvalue weighted by Crippen LogP contribution is 2.41. The van der Waals surface area contributed by atoms with Gasteiger partial charge >= 0.3 is 0 Å². The van der Waals surface area contributed by atoms with Gasteiger partial charge in [0.1, 0.15) is 5.42 Å². The maximum atomic E-state index is 11.3. The van der Waals surface area contributed by atoms with E-state index < -0.39 is 0 Å². The third-order valence-electron chi connectivity index (χ3n) is 2.58. The average Bonchev–Trinajstić information content (AvgIpc) is 2.79. The van der Waals surface area contributed by atoms with E-state index in [4.69, 9.17) is 4.42 Å². The van der Waals surface area contributed by atoms with E-state index in [0.717, 1.165) is 10.6 Å². The number of hydrogen-bond acceptors (Lipinski definition) is 2. The van der Waals surface area contributed by atoms with Crippen LogP contribution in [0.3, 0.4) is 0 Å². The summed E-state index contributed by atoms with van der Waals surface area (Å²) in [4.78, 5) is 11.3. The maximum absolute atomic E-state index is 11.3. The first-order valence-electron chi connectivity index (χ1n) is 4.16. The predicted octanol–water partition coefficient (Wildman–Crippen LogP) is -0.149. The van der Waals surface area contributed by atoms with Crippen molar-refractivity contribution in [2.75, 3.05) is 0 Å². The molecule has 1 aromatic heterocycles. The van der Waals surface area contributed by atoms with E-state index in [0.29, 0.717) is 11.8 Å². The summed E-state index contributed by atoms with van der Waals surface area (Å²) >= 11 is 0. The first kappa shape index (κ1) is 6.23. The Morgan fingerprint density at radius 1 is 1.33 bits per heavy atom. The van der Waals surface area contributed by atoms with E-state index in [1.54, 1.807) is 0 Å². The minimum atomic E-state index is 0.0813. The Morgan fingerprint density at radius 2 is 2.17 bits per heavy atom. The smallest absolute Gasteiger partial charge is 0.192 e. The Kier molecular flexibility index (Phi) is 0.980. The molecule has 0 N–H and O–H groups in total. The van der Waals surface area contributed by atoms with Gasteiger partial charge in [0.15, 0.2) is 5.43 Å². The minimum absolute atomic E-state index is 0.0813. The molecule has 0 aromatic carbocycles. The van der Waals surface area contributed by atoms with Crippen molar-refractivity contribution in [3.05, 3.63) is 33.2 Å². The van der Waals surface area contributed by atoms with Crippen molar-refractivity contribution in [2.45, 2.75) is 6.42 Å². The summed E-state index contributed by atoms with van der Waals surface area (Å²) in [5.74, 6) is 1.26. The monoisotopic (exact) mass is 160 g/mol. The Hall–Kier alpha value is -1.31. The lowest BCUT2D eigenvalue weighted by Crippen LogP contribution is -2.39. The third-order valence-corrected chi connectivity index (χ3v) is 2.58. The molecular weight excluding hydrogens is 152 g/mol. The summed E-state index contributed by atoms with van der Waals surface area (Å²) in [6, 6.07) is 1.48. The number of rotatable bonds is 0. The van der Waals surface area contributed by atoms with Crippen LogP contribution < -0.4 is 16.1 Å². The predicted molar refractivity (Wildman–Crippen MR) is 44.8 cm³/mol. The van der Waals surface area contributed by atoms with Gasteiger partial charge in [-0.3, -0.25) is 4.79 Å². The molecule has 2 aliphatic rings. The lowest BCUT2D eigenvalue weighted by atomic mass is 10.1. The molecule has 2 atom stereocenters. The molecular formula is C10H8O2. The quantitative estimate of drug-likeness (QED) is 0.528. The van der Waals surface area contributed by atoms with Crippen molar-refractivity contribution in [3.8, 4) is 0 Å². The molecule has 1 saturated carbocycles. The van der Waals surface area contributed by atoms with Crippen LogP contribution >= 0.6 is 0 Å². The minimum Gasteiger partial charge on any atom is -0.464 e. The lowest BCUT2D eigenvalue weighted by molar-refractivity contribution is 0.504. The number of hydrogen-bond donors (Lipinski definition) is 0. The molecule has 2 aliphatic carbocycles. The summed E-state index contributed by atoms with van der Waals surface area (Å²) in [5, 5.41) is 0.760. The molecule has 3 rings (SSSR count).